The smallest absolute Gasteiger partial charge is 0.324 e. The van der Waals surface area contributed by atoms with Crippen LogP contribution in [0.4, 0.5) is 0 Å². The van der Waals surface area contributed by atoms with Crippen LogP contribution in [-0.4, -0.2) is 18.7 Å². The van der Waals surface area contributed by atoms with E-state index in [0.717, 1.165) is 6.66 Å². The first-order valence-electron chi connectivity index (χ1n) is 1.42. The zero-order valence-corrected chi connectivity index (χ0v) is 7.61. The Balaban J connectivity index is 0. The average Bonchev–Trinajstić information content (AvgIpc) is 1.35. The Hall–Kier alpha value is 1.15. The normalized spacial score (nSPS) is 17.0. The molecule has 0 radical (unpaired) electrons. The first kappa shape index (κ1) is 11.0. The maximum Gasteiger partial charge on any atom is 1.00 e. The quantitative estimate of drug-likeness (QED) is 0.316. The van der Waals surface area contributed by atoms with Crippen LogP contribution in [0, 0.1) is 0 Å². The Kier molecular flexibility index (Phi) is 6.41. The second kappa shape index (κ2) is 4.07. The maximum atomic E-state index is 9.92. The summed E-state index contributed by atoms with van der Waals surface area (Å²) >= 11 is 0. The molecule has 0 rings (SSSR count). The monoisotopic (exact) mass is 133 g/mol. The van der Waals surface area contributed by atoms with Gasteiger partial charge in [-0.15, -0.1) is 0 Å². The molecule has 0 bridgehead atoms. The van der Waals surface area contributed by atoms with Crippen molar-refractivity contribution in [3.8, 4) is 0 Å². The molecule has 7 heavy (non-hydrogen) atoms. The van der Waals surface area contributed by atoms with E-state index in [1.165, 1.54) is 7.11 Å². The summed E-state index contributed by atoms with van der Waals surface area (Å²) in [7, 11) is -1.95. The zero-order valence-electron chi connectivity index (χ0n) is 4.71. The van der Waals surface area contributed by atoms with Gasteiger partial charge in [-0.05, 0) is 0 Å². The van der Waals surface area contributed by atoms with Gasteiger partial charge in [0.2, 0.25) is 0 Å². The first-order chi connectivity index (χ1) is 2.56. The molecule has 0 aliphatic carbocycles. The summed E-state index contributed by atoms with van der Waals surface area (Å²) in [6.45, 7) is 1.13. The molecule has 0 heterocycles. The standard InChI is InChI=1S/C2H7O3P.Na/c1-5-6(2,3)4;/h1-2H3,(H,3,4);/q;+1. The van der Waals surface area contributed by atoms with E-state index in [2.05, 4.69) is 4.52 Å². The van der Waals surface area contributed by atoms with Crippen LogP contribution >= 0.6 is 7.60 Å². The molecule has 0 aromatic carbocycles. The van der Waals surface area contributed by atoms with Crippen LogP contribution in [0.5, 0.6) is 0 Å². The van der Waals surface area contributed by atoms with Gasteiger partial charge >= 0.3 is 37.2 Å². The van der Waals surface area contributed by atoms with Crippen molar-refractivity contribution in [1.29, 1.82) is 0 Å². The van der Waals surface area contributed by atoms with E-state index in [4.69, 9.17) is 4.89 Å². The van der Waals surface area contributed by atoms with Gasteiger partial charge in [0.15, 0.2) is 0 Å². The van der Waals surface area contributed by atoms with Gasteiger partial charge in [-0.3, -0.25) is 4.57 Å². The van der Waals surface area contributed by atoms with Crippen molar-refractivity contribution >= 4 is 7.60 Å². The minimum Gasteiger partial charge on any atom is -0.324 e. The van der Waals surface area contributed by atoms with Gasteiger partial charge in [0.05, 0.1) is 0 Å². The zero-order chi connectivity index (χ0) is 5.21. The van der Waals surface area contributed by atoms with Crippen LogP contribution in [0.2, 0.25) is 0 Å². The molecule has 0 aliphatic rings. The van der Waals surface area contributed by atoms with E-state index in [1.807, 2.05) is 0 Å². The predicted octanol–water partition coefficient (Wildman–Crippen LogP) is -2.55. The van der Waals surface area contributed by atoms with Gasteiger partial charge in [-0.25, -0.2) is 0 Å². The van der Waals surface area contributed by atoms with Gasteiger partial charge in [-0.2, -0.15) is 0 Å². The number of hydrogen-bond donors (Lipinski definition) is 1. The molecule has 1 atom stereocenters. The second-order valence-electron chi connectivity index (χ2n) is 0.986. The molecule has 38 valence electrons. The van der Waals surface area contributed by atoms with Crippen molar-refractivity contribution < 1.29 is 43.5 Å². The Morgan fingerprint density at radius 3 is 1.86 bits per heavy atom. The third-order valence-corrected chi connectivity index (χ3v) is 1.02. The Morgan fingerprint density at radius 1 is 1.71 bits per heavy atom. The third-order valence-electron chi connectivity index (χ3n) is 0.339. The maximum absolute atomic E-state index is 9.92. The molecule has 0 amide bonds. The molecule has 3 nitrogen and oxygen atoms in total. The largest absolute Gasteiger partial charge is 1.00 e. The minimum atomic E-state index is -3.15. The summed E-state index contributed by atoms with van der Waals surface area (Å²) in [6, 6.07) is 0. The Labute approximate surface area is 64.9 Å². The minimum absolute atomic E-state index is 0. The van der Waals surface area contributed by atoms with Crippen molar-refractivity contribution in [3.05, 3.63) is 0 Å². The SMILES string of the molecule is COP(C)(=O)O.[Na+]. The Bertz CT molecular complexity index is 77.0. The van der Waals surface area contributed by atoms with E-state index in [0.29, 0.717) is 0 Å². The molecular weight excluding hydrogens is 126 g/mol. The molecule has 0 aromatic heterocycles. The molecule has 1 unspecified atom stereocenters. The summed E-state index contributed by atoms with van der Waals surface area (Å²) in [5.41, 5.74) is 0. The van der Waals surface area contributed by atoms with Crippen LogP contribution in [0.3, 0.4) is 0 Å². The summed E-state index contributed by atoms with van der Waals surface area (Å²) in [5.74, 6) is 0. The van der Waals surface area contributed by atoms with Crippen molar-refractivity contribution in [2.75, 3.05) is 13.8 Å². The molecule has 0 spiro atoms. The summed E-state index contributed by atoms with van der Waals surface area (Å²) < 4.78 is 14.0. The van der Waals surface area contributed by atoms with Crippen LogP contribution < -0.4 is 29.6 Å². The summed E-state index contributed by atoms with van der Waals surface area (Å²) in [5, 5.41) is 0. The van der Waals surface area contributed by atoms with E-state index in [-0.39, 0.29) is 29.6 Å². The predicted molar refractivity (Wildman–Crippen MR) is 22.8 cm³/mol. The first-order valence-corrected chi connectivity index (χ1v) is 3.45. The molecular formula is C2H7NaO3P+. The fraction of sp³-hybridized carbons (Fsp3) is 1.00. The molecule has 5 heteroatoms. The van der Waals surface area contributed by atoms with Crippen molar-refractivity contribution in [1.82, 2.24) is 0 Å². The van der Waals surface area contributed by atoms with E-state index in [9.17, 15) is 4.57 Å². The number of hydrogen-bond acceptors (Lipinski definition) is 2. The summed E-state index contributed by atoms with van der Waals surface area (Å²) in [6.07, 6.45) is 0. The van der Waals surface area contributed by atoms with E-state index in [1.54, 1.807) is 0 Å². The third kappa shape index (κ3) is 11.0. The van der Waals surface area contributed by atoms with Crippen LogP contribution in [0.15, 0.2) is 0 Å². The van der Waals surface area contributed by atoms with E-state index < -0.39 is 7.60 Å². The van der Waals surface area contributed by atoms with Gasteiger partial charge in [0.25, 0.3) is 0 Å². The molecule has 0 fully saturated rings. The molecule has 0 aromatic rings. The van der Waals surface area contributed by atoms with Crippen molar-refractivity contribution in [2.24, 2.45) is 0 Å². The van der Waals surface area contributed by atoms with Gasteiger partial charge < -0.3 is 9.42 Å². The van der Waals surface area contributed by atoms with Gasteiger partial charge in [0, 0.05) is 13.8 Å². The Morgan fingerprint density at radius 2 is 1.86 bits per heavy atom. The van der Waals surface area contributed by atoms with Gasteiger partial charge in [0.1, 0.15) is 0 Å². The fourth-order valence-electron chi connectivity index (χ4n) is 0. The molecule has 0 aliphatic heterocycles. The van der Waals surface area contributed by atoms with Crippen LogP contribution in [-0.2, 0) is 9.09 Å². The number of rotatable bonds is 1. The second-order valence-corrected chi connectivity index (χ2v) is 2.96. The van der Waals surface area contributed by atoms with Crippen molar-refractivity contribution in [2.45, 2.75) is 0 Å². The van der Waals surface area contributed by atoms with Crippen LogP contribution in [0.25, 0.3) is 0 Å². The van der Waals surface area contributed by atoms with Gasteiger partial charge in [-0.1, -0.05) is 0 Å². The summed E-state index contributed by atoms with van der Waals surface area (Å²) in [4.78, 5) is 8.16. The fourth-order valence-corrected chi connectivity index (χ4v) is 0. The average molecular weight is 133 g/mol. The van der Waals surface area contributed by atoms with E-state index >= 15 is 0 Å². The molecule has 0 saturated heterocycles. The molecule has 0 saturated carbocycles. The molecule has 1 N–H and O–H groups in total. The topological polar surface area (TPSA) is 46.5 Å². The van der Waals surface area contributed by atoms with Crippen LogP contribution in [0.1, 0.15) is 0 Å². The van der Waals surface area contributed by atoms with Crippen molar-refractivity contribution in [3.63, 3.8) is 0 Å².